The molecule has 0 unspecified atom stereocenters. The predicted molar refractivity (Wildman–Crippen MR) is 107 cm³/mol. The first-order chi connectivity index (χ1) is 15.3. The number of aliphatic carboxylic acids is 1. The van der Waals surface area contributed by atoms with E-state index in [0.717, 1.165) is 24.0 Å². The Balaban J connectivity index is 1.50. The van der Waals surface area contributed by atoms with Gasteiger partial charge in [0.2, 0.25) is 0 Å². The summed E-state index contributed by atoms with van der Waals surface area (Å²) in [6.45, 7) is 2.03. The van der Waals surface area contributed by atoms with Crippen LogP contribution >= 0.6 is 0 Å². The number of aromatic nitrogens is 4. The first kappa shape index (κ1) is 20.7. The van der Waals surface area contributed by atoms with Crippen molar-refractivity contribution in [2.75, 3.05) is 7.11 Å². The maximum atomic E-state index is 13.4. The molecule has 2 aliphatic rings. The Hall–Kier alpha value is -3.14. The van der Waals surface area contributed by atoms with Crippen molar-refractivity contribution in [2.45, 2.75) is 56.1 Å². The third kappa shape index (κ3) is 3.04. The molecule has 0 atom stereocenters. The Bertz CT molecular complexity index is 1180. The van der Waals surface area contributed by atoms with Gasteiger partial charge in [0, 0.05) is 20.0 Å². The lowest BCUT2D eigenvalue weighted by Gasteiger charge is -2.43. The van der Waals surface area contributed by atoms with E-state index in [1.54, 1.807) is 0 Å². The van der Waals surface area contributed by atoms with Crippen LogP contribution in [0.25, 0.3) is 11.6 Å². The lowest BCUT2D eigenvalue weighted by molar-refractivity contribution is -0.179. The summed E-state index contributed by atoms with van der Waals surface area (Å²) in [7, 11) is 1.32. The highest BCUT2D eigenvalue weighted by Crippen LogP contribution is 2.53. The summed E-state index contributed by atoms with van der Waals surface area (Å²) in [6.07, 6.45) is -0.841. The molecule has 10 heteroatoms. The quantitative estimate of drug-likeness (QED) is 0.586. The first-order valence-corrected chi connectivity index (χ1v) is 10.4. The van der Waals surface area contributed by atoms with E-state index in [0.29, 0.717) is 5.82 Å². The Labute approximate surface area is 182 Å². The lowest BCUT2D eigenvalue weighted by Crippen LogP contribution is -2.52. The van der Waals surface area contributed by atoms with Crippen LogP contribution in [0.5, 0.6) is 0 Å². The third-order valence-corrected chi connectivity index (χ3v) is 6.72. The van der Waals surface area contributed by atoms with Crippen LogP contribution in [0.3, 0.4) is 0 Å². The first-order valence-electron chi connectivity index (χ1n) is 10.4. The summed E-state index contributed by atoms with van der Waals surface area (Å²) in [5.74, 6) is -0.490. The molecule has 2 aliphatic carbocycles. The van der Waals surface area contributed by atoms with Gasteiger partial charge in [-0.1, -0.05) is 29.4 Å². The molecule has 2 fully saturated rings. The number of nitrogens with zero attached hydrogens (tertiary/aromatic N) is 4. The minimum Gasteiger partial charge on any atom is -0.479 e. The number of halogens is 2. The highest BCUT2D eigenvalue weighted by Gasteiger charge is 2.54. The number of carboxylic acids is 1. The van der Waals surface area contributed by atoms with E-state index < -0.39 is 29.7 Å². The van der Waals surface area contributed by atoms with Crippen molar-refractivity contribution in [3.05, 3.63) is 53.0 Å². The summed E-state index contributed by atoms with van der Waals surface area (Å²) >= 11 is 0. The molecule has 2 saturated carbocycles. The van der Waals surface area contributed by atoms with Crippen LogP contribution < -0.4 is 0 Å². The fourth-order valence-corrected chi connectivity index (χ4v) is 4.63. The molecule has 0 saturated heterocycles. The summed E-state index contributed by atoms with van der Waals surface area (Å²) in [5.41, 5.74) is 0.389. The van der Waals surface area contributed by atoms with Gasteiger partial charge < -0.3 is 14.4 Å². The third-order valence-electron chi connectivity index (χ3n) is 6.72. The Morgan fingerprint density at radius 2 is 2.03 bits per heavy atom. The number of aryl methyl sites for hydroxylation is 1. The number of hydrogen-bond donors (Lipinski definition) is 1. The van der Waals surface area contributed by atoms with Gasteiger partial charge in [-0.2, -0.15) is 10.1 Å². The van der Waals surface area contributed by atoms with Gasteiger partial charge in [0.25, 0.3) is 12.3 Å². The second kappa shape index (κ2) is 7.19. The second-order valence-corrected chi connectivity index (χ2v) is 8.59. The van der Waals surface area contributed by atoms with Crippen molar-refractivity contribution < 1.29 is 27.9 Å². The Kier molecular flexibility index (Phi) is 4.66. The number of hydrogen-bond acceptors (Lipinski definition) is 6. The highest BCUT2D eigenvalue weighted by molar-refractivity contribution is 5.79. The molecule has 0 amide bonds. The fraction of sp³-hybridized carbons (Fsp3) is 0.455. The summed E-state index contributed by atoms with van der Waals surface area (Å²) in [6, 6.07) is 8.80. The van der Waals surface area contributed by atoms with Crippen LogP contribution in [0.15, 0.2) is 34.9 Å². The van der Waals surface area contributed by atoms with Crippen molar-refractivity contribution in [3.63, 3.8) is 0 Å². The predicted octanol–water partition coefficient (Wildman–Crippen LogP) is 4.06. The summed E-state index contributed by atoms with van der Waals surface area (Å²) in [4.78, 5) is 16.1. The van der Waals surface area contributed by atoms with Crippen molar-refractivity contribution in [2.24, 2.45) is 0 Å². The SMILES string of the molecule is COC1(C(=O)O)CC(n2nc(C(F)F)cc2-c2nc(C3(c4ccccc4C)CC3)no2)C1. The molecule has 32 heavy (non-hydrogen) atoms. The molecule has 0 spiro atoms. The molecular formula is C22H22F2N4O4. The molecule has 5 rings (SSSR count). The van der Waals surface area contributed by atoms with Gasteiger partial charge in [-0.3, -0.25) is 4.68 Å². The van der Waals surface area contributed by atoms with E-state index in [1.807, 2.05) is 31.2 Å². The smallest absolute Gasteiger partial charge is 0.336 e. The number of ether oxygens (including phenoxy) is 1. The van der Waals surface area contributed by atoms with Crippen LogP contribution in [0.2, 0.25) is 0 Å². The van der Waals surface area contributed by atoms with Crippen LogP contribution in [-0.4, -0.2) is 43.7 Å². The maximum absolute atomic E-state index is 13.4. The van der Waals surface area contributed by atoms with E-state index in [2.05, 4.69) is 15.2 Å². The summed E-state index contributed by atoms with van der Waals surface area (Å²) < 4.78 is 38.9. The van der Waals surface area contributed by atoms with Gasteiger partial charge in [-0.05, 0) is 37.0 Å². The largest absolute Gasteiger partial charge is 0.479 e. The number of rotatable bonds is 7. The van der Waals surface area contributed by atoms with E-state index >= 15 is 0 Å². The minimum atomic E-state index is -2.79. The van der Waals surface area contributed by atoms with Crippen LogP contribution in [-0.2, 0) is 14.9 Å². The molecule has 0 bridgehead atoms. The topological polar surface area (TPSA) is 103 Å². The minimum absolute atomic E-state index is 0.0875. The number of carboxylic acid groups (broad SMARTS) is 1. The molecule has 2 heterocycles. The number of alkyl halides is 2. The van der Waals surface area contributed by atoms with Gasteiger partial charge in [0.05, 0.1) is 11.5 Å². The molecule has 0 aliphatic heterocycles. The van der Waals surface area contributed by atoms with Crippen molar-refractivity contribution in [1.82, 2.24) is 19.9 Å². The number of carbonyl (C=O) groups is 1. The molecule has 3 aromatic rings. The fourth-order valence-electron chi connectivity index (χ4n) is 4.63. The van der Waals surface area contributed by atoms with Crippen LogP contribution in [0.4, 0.5) is 8.78 Å². The van der Waals surface area contributed by atoms with Crippen molar-refractivity contribution in [1.29, 1.82) is 0 Å². The highest BCUT2D eigenvalue weighted by atomic mass is 19.3. The monoisotopic (exact) mass is 444 g/mol. The van der Waals surface area contributed by atoms with E-state index in [-0.39, 0.29) is 29.8 Å². The Morgan fingerprint density at radius 1 is 1.31 bits per heavy atom. The van der Waals surface area contributed by atoms with E-state index in [1.165, 1.54) is 17.9 Å². The number of methoxy groups -OCH3 is 1. The zero-order chi connectivity index (χ0) is 22.7. The van der Waals surface area contributed by atoms with Gasteiger partial charge in [0.1, 0.15) is 11.4 Å². The lowest BCUT2D eigenvalue weighted by atomic mass is 9.75. The van der Waals surface area contributed by atoms with Gasteiger partial charge in [-0.25, -0.2) is 13.6 Å². The molecule has 1 aromatic carbocycles. The van der Waals surface area contributed by atoms with Gasteiger partial charge >= 0.3 is 5.97 Å². The molecule has 168 valence electrons. The standard InChI is InChI=1S/C22H22F2N4O4/c1-12-5-3-4-6-14(12)21(7-8-21)19-25-18(32-27-19)16-9-15(17(23)24)26-28(16)13-10-22(11-13,31-2)20(29)30/h3-6,9,13,17H,7-8,10-11H2,1-2H3,(H,29,30). The maximum Gasteiger partial charge on any atom is 0.336 e. The van der Waals surface area contributed by atoms with E-state index in [9.17, 15) is 18.7 Å². The van der Waals surface area contributed by atoms with Crippen LogP contribution in [0, 0.1) is 6.92 Å². The number of benzene rings is 1. The van der Waals surface area contributed by atoms with Crippen molar-refractivity contribution >= 4 is 5.97 Å². The molecule has 8 nitrogen and oxygen atoms in total. The molecule has 1 N–H and O–H groups in total. The molecule has 2 aromatic heterocycles. The van der Waals surface area contributed by atoms with Gasteiger partial charge in [-0.15, -0.1) is 0 Å². The zero-order valence-corrected chi connectivity index (χ0v) is 17.6. The zero-order valence-electron chi connectivity index (χ0n) is 17.6. The molecule has 0 radical (unpaired) electrons. The molecular weight excluding hydrogens is 422 g/mol. The second-order valence-electron chi connectivity index (χ2n) is 8.59. The average Bonchev–Trinajstić information content (AvgIpc) is 3.18. The van der Waals surface area contributed by atoms with Gasteiger partial charge in [0.15, 0.2) is 11.4 Å². The van der Waals surface area contributed by atoms with Crippen molar-refractivity contribution in [3.8, 4) is 11.6 Å². The Morgan fingerprint density at radius 3 is 2.62 bits per heavy atom. The van der Waals surface area contributed by atoms with Crippen LogP contribution in [0.1, 0.15) is 60.8 Å². The van der Waals surface area contributed by atoms with E-state index in [4.69, 9.17) is 9.26 Å². The normalized spacial score (nSPS) is 23.8. The summed E-state index contributed by atoms with van der Waals surface area (Å²) in [5, 5.41) is 17.6. The average molecular weight is 444 g/mol.